The van der Waals surface area contributed by atoms with Crippen LogP contribution in [0.4, 0.5) is 0 Å². The van der Waals surface area contributed by atoms with Gasteiger partial charge in [0.25, 0.3) is 0 Å². The molecule has 9 aromatic rings. The third-order valence-corrected chi connectivity index (χ3v) is 9.23. The zero-order valence-electron chi connectivity index (χ0n) is 22.0. The van der Waals surface area contributed by atoms with Gasteiger partial charge in [-0.3, -0.25) is 0 Å². The van der Waals surface area contributed by atoms with E-state index in [1.165, 1.54) is 54.0 Å². The molecular weight excluding hydrogens is 518 g/mol. The van der Waals surface area contributed by atoms with E-state index in [4.69, 9.17) is 4.98 Å². The van der Waals surface area contributed by atoms with E-state index in [0.29, 0.717) is 0 Å². The van der Waals surface area contributed by atoms with Gasteiger partial charge in [0.2, 0.25) is 0 Å². The minimum absolute atomic E-state index is 1.05. The number of thiazole rings is 1. The van der Waals surface area contributed by atoms with Crippen molar-refractivity contribution in [1.82, 2.24) is 14.1 Å². The summed E-state index contributed by atoms with van der Waals surface area (Å²) in [7, 11) is 0. The molecule has 0 N–H and O–H groups in total. The molecule has 0 atom stereocenters. The quantitative estimate of drug-likeness (QED) is 0.218. The van der Waals surface area contributed by atoms with Gasteiger partial charge in [-0.25, -0.2) is 4.98 Å². The highest BCUT2D eigenvalue weighted by molar-refractivity contribution is 7.21. The summed E-state index contributed by atoms with van der Waals surface area (Å²) in [6.45, 7) is 0. The lowest BCUT2D eigenvalue weighted by atomic mass is 10.1. The monoisotopic (exact) mass is 541 g/mol. The number of para-hydroxylation sites is 4. The van der Waals surface area contributed by atoms with E-state index < -0.39 is 0 Å². The second kappa shape index (κ2) is 8.65. The van der Waals surface area contributed by atoms with Crippen molar-refractivity contribution in [3.05, 3.63) is 140 Å². The van der Waals surface area contributed by atoms with Gasteiger partial charge in [0, 0.05) is 38.5 Å². The van der Waals surface area contributed by atoms with Crippen molar-refractivity contribution in [2.75, 3.05) is 0 Å². The fourth-order valence-corrected chi connectivity index (χ4v) is 7.28. The summed E-state index contributed by atoms with van der Waals surface area (Å²) in [5.74, 6) is 0. The Morgan fingerprint density at radius 2 is 1.00 bits per heavy atom. The Hall–Kier alpha value is -5.19. The van der Waals surface area contributed by atoms with Crippen LogP contribution in [-0.4, -0.2) is 14.1 Å². The standard InChI is InChI=1S/C37H23N3S/c1-2-10-25(11-3-1)39-32-15-7-4-12-27(32)29-22-30-28-13-5-8-16-33(28)40(35(30)23-34(29)39)26-20-18-24(19-21-26)37-38-31-14-6-9-17-36(31)41-37/h1-23H. The van der Waals surface area contributed by atoms with Crippen LogP contribution in [-0.2, 0) is 0 Å². The van der Waals surface area contributed by atoms with E-state index in [2.05, 4.69) is 143 Å². The van der Waals surface area contributed by atoms with Crippen LogP contribution in [0.5, 0.6) is 0 Å². The van der Waals surface area contributed by atoms with Crippen molar-refractivity contribution in [3.8, 4) is 21.9 Å². The average molecular weight is 542 g/mol. The lowest BCUT2D eigenvalue weighted by molar-refractivity contribution is 1.16. The van der Waals surface area contributed by atoms with Crippen LogP contribution in [0, 0.1) is 0 Å². The molecule has 41 heavy (non-hydrogen) atoms. The molecule has 0 radical (unpaired) electrons. The van der Waals surface area contributed by atoms with Gasteiger partial charge < -0.3 is 9.13 Å². The number of hydrogen-bond donors (Lipinski definition) is 0. The third-order valence-electron chi connectivity index (χ3n) is 8.15. The summed E-state index contributed by atoms with van der Waals surface area (Å²) >= 11 is 1.74. The zero-order chi connectivity index (χ0) is 26.9. The van der Waals surface area contributed by atoms with Crippen LogP contribution in [0.3, 0.4) is 0 Å². The summed E-state index contributed by atoms with van der Waals surface area (Å²) in [6.07, 6.45) is 0. The lowest BCUT2D eigenvalue weighted by Crippen LogP contribution is -1.95. The molecule has 9 rings (SSSR count). The molecule has 3 nitrogen and oxygen atoms in total. The highest BCUT2D eigenvalue weighted by Gasteiger charge is 2.18. The van der Waals surface area contributed by atoms with Gasteiger partial charge in [-0.05, 0) is 72.8 Å². The smallest absolute Gasteiger partial charge is 0.124 e. The van der Waals surface area contributed by atoms with Gasteiger partial charge in [-0.1, -0.05) is 66.7 Å². The zero-order valence-corrected chi connectivity index (χ0v) is 22.8. The van der Waals surface area contributed by atoms with Crippen molar-refractivity contribution in [2.45, 2.75) is 0 Å². The molecule has 0 bridgehead atoms. The molecular formula is C37H23N3S. The molecule has 0 saturated heterocycles. The van der Waals surface area contributed by atoms with Crippen LogP contribution in [0.15, 0.2) is 140 Å². The first kappa shape index (κ1) is 22.6. The van der Waals surface area contributed by atoms with Crippen LogP contribution < -0.4 is 0 Å². The molecule has 3 aromatic heterocycles. The summed E-state index contributed by atoms with van der Waals surface area (Å²) < 4.78 is 6.01. The van der Waals surface area contributed by atoms with Crippen LogP contribution in [0.2, 0.25) is 0 Å². The molecule has 0 fully saturated rings. The molecule has 0 aliphatic heterocycles. The van der Waals surface area contributed by atoms with Gasteiger partial charge >= 0.3 is 0 Å². The largest absolute Gasteiger partial charge is 0.309 e. The number of benzene rings is 6. The Balaban J connectivity index is 1.31. The molecule has 0 aliphatic carbocycles. The molecule has 0 amide bonds. The molecule has 4 heteroatoms. The van der Waals surface area contributed by atoms with Crippen molar-refractivity contribution in [3.63, 3.8) is 0 Å². The van der Waals surface area contributed by atoms with Crippen molar-refractivity contribution < 1.29 is 0 Å². The first-order valence-corrected chi connectivity index (χ1v) is 14.6. The van der Waals surface area contributed by atoms with Gasteiger partial charge in [0.05, 0.1) is 32.3 Å². The minimum atomic E-state index is 1.05. The number of aromatic nitrogens is 3. The first-order chi connectivity index (χ1) is 20.3. The molecule has 0 unspecified atom stereocenters. The van der Waals surface area contributed by atoms with E-state index in [9.17, 15) is 0 Å². The normalized spacial score (nSPS) is 11.9. The van der Waals surface area contributed by atoms with Crippen LogP contribution in [0.1, 0.15) is 0 Å². The van der Waals surface area contributed by atoms with E-state index in [1.807, 2.05) is 6.07 Å². The molecule has 0 saturated carbocycles. The van der Waals surface area contributed by atoms with E-state index in [1.54, 1.807) is 11.3 Å². The van der Waals surface area contributed by atoms with E-state index >= 15 is 0 Å². The number of nitrogens with zero attached hydrogens (tertiary/aromatic N) is 3. The number of fused-ring (bicyclic) bond motifs is 7. The maximum Gasteiger partial charge on any atom is 0.124 e. The van der Waals surface area contributed by atoms with Gasteiger partial charge in [0.1, 0.15) is 5.01 Å². The molecule has 0 aliphatic rings. The van der Waals surface area contributed by atoms with Gasteiger partial charge in [-0.15, -0.1) is 11.3 Å². The predicted octanol–water partition coefficient (Wildman–Crippen LogP) is 10.2. The van der Waals surface area contributed by atoms with E-state index in [0.717, 1.165) is 21.8 Å². The average Bonchev–Trinajstić information content (AvgIpc) is 3.70. The predicted molar refractivity (Wildman–Crippen MR) is 174 cm³/mol. The van der Waals surface area contributed by atoms with Crippen LogP contribution in [0.25, 0.3) is 75.8 Å². The lowest BCUT2D eigenvalue weighted by Gasteiger charge is -2.10. The summed E-state index contributed by atoms with van der Waals surface area (Å²) in [5, 5.41) is 6.11. The molecule has 192 valence electrons. The SMILES string of the molecule is c1ccc(-n2c3ccccc3c3cc4c5ccccc5n(-c5ccc(-c6nc7ccccc7s6)cc5)c4cc32)cc1. The molecule has 6 aromatic carbocycles. The second-order valence-electron chi connectivity index (χ2n) is 10.5. The Morgan fingerprint density at radius 3 is 1.66 bits per heavy atom. The van der Waals surface area contributed by atoms with Gasteiger partial charge in [0.15, 0.2) is 0 Å². The number of rotatable bonds is 3. The number of hydrogen-bond acceptors (Lipinski definition) is 2. The van der Waals surface area contributed by atoms with Gasteiger partial charge in [-0.2, -0.15) is 0 Å². The first-order valence-electron chi connectivity index (χ1n) is 13.8. The Morgan fingerprint density at radius 1 is 0.439 bits per heavy atom. The maximum absolute atomic E-state index is 4.88. The van der Waals surface area contributed by atoms with E-state index in [-0.39, 0.29) is 0 Å². The Kier molecular flexibility index (Phi) is 4.77. The van der Waals surface area contributed by atoms with Crippen molar-refractivity contribution in [2.24, 2.45) is 0 Å². The Labute approximate surface area is 240 Å². The second-order valence-corrected chi connectivity index (χ2v) is 11.5. The summed E-state index contributed by atoms with van der Waals surface area (Å²) in [4.78, 5) is 4.88. The highest BCUT2D eigenvalue weighted by atomic mass is 32.1. The summed E-state index contributed by atoms with van der Waals surface area (Å²) in [5.41, 5.74) is 9.34. The molecule has 0 spiro atoms. The third kappa shape index (κ3) is 3.35. The van der Waals surface area contributed by atoms with Crippen LogP contribution >= 0.6 is 11.3 Å². The Bertz CT molecular complexity index is 2370. The topological polar surface area (TPSA) is 22.8 Å². The fourth-order valence-electron chi connectivity index (χ4n) is 6.31. The molecule has 3 heterocycles. The van der Waals surface area contributed by atoms with Crippen molar-refractivity contribution >= 4 is 65.2 Å². The maximum atomic E-state index is 4.88. The fraction of sp³-hybridized carbons (Fsp3) is 0. The minimum Gasteiger partial charge on any atom is -0.309 e. The summed E-state index contributed by atoms with van der Waals surface area (Å²) in [6, 6.07) is 50.1. The van der Waals surface area contributed by atoms with Crippen molar-refractivity contribution in [1.29, 1.82) is 0 Å². The highest BCUT2D eigenvalue weighted by Crippen LogP contribution is 2.40.